The Morgan fingerprint density at radius 1 is 1.12 bits per heavy atom. The number of nitrogens with zero attached hydrogens (tertiary/aromatic N) is 2. The predicted octanol–water partition coefficient (Wildman–Crippen LogP) is 3.77. The van der Waals surface area contributed by atoms with E-state index in [1.165, 1.54) is 67.9 Å². The molecule has 136 valence electrons. The lowest BCUT2D eigenvalue weighted by molar-refractivity contribution is 0.224. The maximum Gasteiger partial charge on any atom is 0.191 e. The molecule has 0 bridgehead atoms. The Kier molecular flexibility index (Phi) is 9.21. The van der Waals surface area contributed by atoms with E-state index in [0.717, 1.165) is 25.6 Å². The van der Waals surface area contributed by atoms with Crippen LogP contribution in [0.1, 0.15) is 55.2 Å². The van der Waals surface area contributed by atoms with Gasteiger partial charge in [0.05, 0.1) is 6.54 Å². The van der Waals surface area contributed by atoms with Crippen molar-refractivity contribution in [1.29, 1.82) is 0 Å². The Morgan fingerprint density at radius 3 is 2.67 bits per heavy atom. The van der Waals surface area contributed by atoms with Gasteiger partial charge < -0.3 is 15.5 Å². The molecule has 0 saturated carbocycles. The molecule has 0 unspecified atom stereocenters. The minimum absolute atomic E-state index is 0.767. The summed E-state index contributed by atoms with van der Waals surface area (Å²) in [4.78, 5) is 9.99. The van der Waals surface area contributed by atoms with Gasteiger partial charge in [-0.1, -0.05) is 12.8 Å². The third-order valence-electron chi connectivity index (χ3n) is 4.43. The minimum Gasteiger partial charge on any atom is -0.357 e. The topological polar surface area (TPSA) is 39.7 Å². The lowest BCUT2D eigenvalue weighted by Gasteiger charge is -2.26. The van der Waals surface area contributed by atoms with Crippen molar-refractivity contribution >= 4 is 17.3 Å². The fraction of sp³-hybridized carbons (Fsp3) is 0.737. The van der Waals surface area contributed by atoms with Gasteiger partial charge in [-0.2, -0.15) is 0 Å². The molecule has 1 aliphatic rings. The van der Waals surface area contributed by atoms with E-state index in [1.54, 1.807) is 0 Å². The zero-order valence-electron chi connectivity index (χ0n) is 15.4. The minimum atomic E-state index is 0.767. The Balaban J connectivity index is 1.58. The maximum atomic E-state index is 4.68. The molecule has 0 aromatic carbocycles. The predicted molar refractivity (Wildman–Crippen MR) is 106 cm³/mol. The van der Waals surface area contributed by atoms with E-state index in [0.29, 0.717) is 0 Å². The molecule has 1 aliphatic heterocycles. The first-order chi connectivity index (χ1) is 11.8. The van der Waals surface area contributed by atoms with Gasteiger partial charge in [0.1, 0.15) is 0 Å². The van der Waals surface area contributed by atoms with Crippen molar-refractivity contribution in [2.45, 2.75) is 58.9 Å². The number of aliphatic imine (C=N–C) groups is 1. The van der Waals surface area contributed by atoms with Crippen LogP contribution in [0.25, 0.3) is 0 Å². The van der Waals surface area contributed by atoms with Crippen LogP contribution in [0.4, 0.5) is 0 Å². The molecule has 2 heterocycles. The second-order valence-electron chi connectivity index (χ2n) is 6.60. The van der Waals surface area contributed by atoms with Crippen molar-refractivity contribution in [3.8, 4) is 0 Å². The molecule has 2 rings (SSSR count). The molecule has 0 amide bonds. The molecular formula is C19H34N4S. The Hall–Kier alpha value is -1.07. The van der Waals surface area contributed by atoms with Crippen LogP contribution in [-0.4, -0.2) is 43.6 Å². The number of rotatable bonds is 9. The normalized spacial score (nSPS) is 16.3. The molecule has 4 nitrogen and oxygen atoms in total. The number of guanidine groups is 1. The van der Waals surface area contributed by atoms with Crippen molar-refractivity contribution in [1.82, 2.24) is 15.5 Å². The third kappa shape index (κ3) is 7.67. The van der Waals surface area contributed by atoms with Gasteiger partial charge in [0.2, 0.25) is 0 Å². The fourth-order valence-corrected chi connectivity index (χ4v) is 3.91. The summed E-state index contributed by atoms with van der Waals surface area (Å²) in [5.41, 5.74) is 0. The first-order valence-corrected chi connectivity index (χ1v) is 10.4. The SMILES string of the molecule is CCNC(=NCc1ccc(C)s1)NCCCCCN1CCCCC1. The van der Waals surface area contributed by atoms with E-state index in [2.05, 4.69) is 46.5 Å². The first-order valence-electron chi connectivity index (χ1n) is 9.58. The number of unbranched alkanes of at least 4 members (excludes halogenated alkanes) is 2. The summed E-state index contributed by atoms with van der Waals surface area (Å²) in [7, 11) is 0. The van der Waals surface area contributed by atoms with Gasteiger partial charge in [-0.25, -0.2) is 4.99 Å². The van der Waals surface area contributed by atoms with Crippen LogP contribution < -0.4 is 10.6 Å². The highest BCUT2D eigenvalue weighted by Crippen LogP contribution is 2.15. The smallest absolute Gasteiger partial charge is 0.191 e. The van der Waals surface area contributed by atoms with Crippen LogP contribution in [0.15, 0.2) is 17.1 Å². The Labute approximate surface area is 151 Å². The summed E-state index contributed by atoms with van der Waals surface area (Å²) in [5, 5.41) is 6.80. The number of likely N-dealkylation sites (tertiary alicyclic amines) is 1. The van der Waals surface area contributed by atoms with E-state index in [9.17, 15) is 0 Å². The quantitative estimate of drug-likeness (QED) is 0.405. The molecular weight excluding hydrogens is 316 g/mol. The summed E-state index contributed by atoms with van der Waals surface area (Å²) < 4.78 is 0. The molecule has 2 N–H and O–H groups in total. The number of hydrogen-bond donors (Lipinski definition) is 2. The van der Waals surface area contributed by atoms with Crippen molar-refractivity contribution in [3.63, 3.8) is 0 Å². The van der Waals surface area contributed by atoms with Gasteiger partial charge in [-0.3, -0.25) is 0 Å². The molecule has 0 atom stereocenters. The number of piperidine rings is 1. The molecule has 1 saturated heterocycles. The van der Waals surface area contributed by atoms with E-state index in [1.807, 2.05) is 11.3 Å². The highest BCUT2D eigenvalue weighted by molar-refractivity contribution is 7.11. The molecule has 0 radical (unpaired) electrons. The van der Waals surface area contributed by atoms with Crippen LogP contribution in [0.2, 0.25) is 0 Å². The number of thiophene rings is 1. The van der Waals surface area contributed by atoms with Gasteiger partial charge in [0.25, 0.3) is 0 Å². The lowest BCUT2D eigenvalue weighted by Crippen LogP contribution is -2.37. The monoisotopic (exact) mass is 350 g/mol. The van der Waals surface area contributed by atoms with Crippen LogP contribution in [0, 0.1) is 6.92 Å². The molecule has 1 aromatic heterocycles. The number of nitrogens with one attached hydrogen (secondary N) is 2. The zero-order valence-corrected chi connectivity index (χ0v) is 16.3. The van der Waals surface area contributed by atoms with E-state index in [-0.39, 0.29) is 0 Å². The Morgan fingerprint density at radius 2 is 1.96 bits per heavy atom. The van der Waals surface area contributed by atoms with Gasteiger partial charge in [0.15, 0.2) is 5.96 Å². The van der Waals surface area contributed by atoms with Gasteiger partial charge in [-0.15, -0.1) is 11.3 Å². The van der Waals surface area contributed by atoms with Crippen LogP contribution in [-0.2, 0) is 6.54 Å². The second-order valence-corrected chi connectivity index (χ2v) is 7.97. The summed E-state index contributed by atoms with van der Waals surface area (Å²) >= 11 is 1.83. The van der Waals surface area contributed by atoms with Crippen molar-refractivity contribution in [2.75, 3.05) is 32.7 Å². The van der Waals surface area contributed by atoms with Crippen molar-refractivity contribution < 1.29 is 0 Å². The Bertz CT molecular complexity index is 477. The van der Waals surface area contributed by atoms with Crippen molar-refractivity contribution in [3.05, 3.63) is 21.9 Å². The molecule has 5 heteroatoms. The summed E-state index contributed by atoms with van der Waals surface area (Å²) in [6.45, 7) is 10.9. The molecule has 1 aromatic rings. The largest absolute Gasteiger partial charge is 0.357 e. The van der Waals surface area contributed by atoms with E-state index >= 15 is 0 Å². The maximum absolute atomic E-state index is 4.68. The molecule has 0 spiro atoms. The highest BCUT2D eigenvalue weighted by Gasteiger charge is 2.08. The second kappa shape index (κ2) is 11.5. The highest BCUT2D eigenvalue weighted by atomic mass is 32.1. The molecule has 0 aliphatic carbocycles. The van der Waals surface area contributed by atoms with E-state index in [4.69, 9.17) is 0 Å². The number of hydrogen-bond acceptors (Lipinski definition) is 3. The fourth-order valence-electron chi connectivity index (χ4n) is 3.10. The van der Waals surface area contributed by atoms with Gasteiger partial charge in [0, 0.05) is 22.8 Å². The summed E-state index contributed by atoms with van der Waals surface area (Å²) in [6, 6.07) is 4.34. The average Bonchev–Trinajstić information content (AvgIpc) is 3.02. The van der Waals surface area contributed by atoms with Crippen LogP contribution in [0.3, 0.4) is 0 Å². The van der Waals surface area contributed by atoms with Crippen molar-refractivity contribution in [2.24, 2.45) is 4.99 Å². The average molecular weight is 351 g/mol. The molecule has 1 fully saturated rings. The van der Waals surface area contributed by atoms with Gasteiger partial charge >= 0.3 is 0 Å². The van der Waals surface area contributed by atoms with Crippen LogP contribution in [0.5, 0.6) is 0 Å². The van der Waals surface area contributed by atoms with Gasteiger partial charge in [-0.05, 0) is 71.3 Å². The number of aryl methyl sites for hydroxylation is 1. The lowest BCUT2D eigenvalue weighted by atomic mass is 10.1. The van der Waals surface area contributed by atoms with E-state index < -0.39 is 0 Å². The first kappa shape index (κ1) is 19.3. The standard InChI is InChI=1S/C19H34N4S/c1-3-20-19(22-16-18-11-10-17(2)24-18)21-12-6-4-7-13-23-14-8-5-9-15-23/h10-11H,3-9,12-16H2,1-2H3,(H2,20,21,22). The third-order valence-corrected chi connectivity index (χ3v) is 5.41. The zero-order chi connectivity index (χ0) is 17.0. The summed E-state index contributed by atoms with van der Waals surface area (Å²) in [6.07, 6.45) is 8.06. The van der Waals surface area contributed by atoms with Crippen LogP contribution >= 0.6 is 11.3 Å². The molecule has 24 heavy (non-hydrogen) atoms. The summed E-state index contributed by atoms with van der Waals surface area (Å²) in [5.74, 6) is 0.944.